The normalized spacial score (nSPS) is 18.6. The van der Waals surface area contributed by atoms with Gasteiger partial charge < -0.3 is 14.2 Å². The molecular formula is C15H19N3O3. The number of benzene rings is 1. The first kappa shape index (κ1) is 14.0. The molecule has 1 aliphatic heterocycles. The fourth-order valence-electron chi connectivity index (χ4n) is 2.24. The molecule has 21 heavy (non-hydrogen) atoms. The molecule has 0 radical (unpaired) electrons. The molecule has 0 N–H and O–H groups in total. The molecule has 1 atom stereocenters. The van der Waals surface area contributed by atoms with Crippen molar-refractivity contribution >= 4 is 0 Å². The van der Waals surface area contributed by atoms with E-state index in [2.05, 4.69) is 10.1 Å². The van der Waals surface area contributed by atoms with Crippen LogP contribution in [0.5, 0.6) is 5.75 Å². The molecule has 1 fully saturated rings. The van der Waals surface area contributed by atoms with Crippen molar-refractivity contribution in [3.63, 3.8) is 0 Å². The molecule has 1 aliphatic rings. The van der Waals surface area contributed by atoms with Gasteiger partial charge in [-0.05, 0) is 31.4 Å². The van der Waals surface area contributed by atoms with Crippen molar-refractivity contribution in [2.45, 2.75) is 25.6 Å². The summed E-state index contributed by atoms with van der Waals surface area (Å²) in [7, 11) is 0. The number of rotatable bonds is 6. The molecule has 1 aromatic carbocycles. The Labute approximate surface area is 123 Å². The van der Waals surface area contributed by atoms with Crippen LogP contribution in [0.25, 0.3) is 5.69 Å². The van der Waals surface area contributed by atoms with Crippen LogP contribution in [0.3, 0.4) is 0 Å². The van der Waals surface area contributed by atoms with E-state index in [0.717, 1.165) is 30.9 Å². The maximum atomic E-state index is 5.69. The van der Waals surface area contributed by atoms with Gasteiger partial charge in [0.25, 0.3) is 0 Å². The second-order valence-electron chi connectivity index (χ2n) is 4.85. The smallest absolute Gasteiger partial charge is 0.157 e. The van der Waals surface area contributed by atoms with Crippen LogP contribution < -0.4 is 4.74 Å². The molecule has 6 nitrogen and oxygen atoms in total. The Hall–Kier alpha value is -1.92. The van der Waals surface area contributed by atoms with Crippen LogP contribution in [-0.2, 0) is 9.47 Å². The minimum atomic E-state index is -0.0659. The molecule has 3 rings (SSSR count). The fraction of sp³-hybridized carbons (Fsp3) is 0.467. The molecule has 0 unspecified atom stereocenters. The van der Waals surface area contributed by atoms with E-state index in [1.165, 1.54) is 12.7 Å². The van der Waals surface area contributed by atoms with Gasteiger partial charge >= 0.3 is 0 Å². The lowest BCUT2D eigenvalue weighted by molar-refractivity contribution is -0.165. The van der Waals surface area contributed by atoms with E-state index < -0.39 is 0 Å². The third-order valence-electron chi connectivity index (χ3n) is 3.29. The zero-order chi connectivity index (χ0) is 14.3. The number of hydrogen-bond donors (Lipinski definition) is 0. The van der Waals surface area contributed by atoms with E-state index >= 15 is 0 Å². The van der Waals surface area contributed by atoms with Crippen LogP contribution in [0.1, 0.15) is 19.3 Å². The second-order valence-corrected chi connectivity index (χ2v) is 4.85. The highest BCUT2D eigenvalue weighted by atomic mass is 16.7. The zero-order valence-corrected chi connectivity index (χ0v) is 11.9. The Bertz CT molecular complexity index is 539. The third-order valence-corrected chi connectivity index (χ3v) is 3.29. The molecule has 1 aromatic heterocycles. The highest BCUT2D eigenvalue weighted by Crippen LogP contribution is 2.16. The van der Waals surface area contributed by atoms with Crippen LogP contribution in [0.2, 0.25) is 0 Å². The van der Waals surface area contributed by atoms with Crippen molar-refractivity contribution in [1.82, 2.24) is 14.8 Å². The molecular weight excluding hydrogens is 270 g/mol. The molecule has 0 amide bonds. The summed E-state index contributed by atoms with van der Waals surface area (Å²) in [6, 6.07) is 7.72. The van der Waals surface area contributed by atoms with Crippen LogP contribution in [0.15, 0.2) is 36.9 Å². The number of ether oxygens (including phenoxy) is 3. The van der Waals surface area contributed by atoms with Crippen molar-refractivity contribution in [3.05, 3.63) is 36.9 Å². The van der Waals surface area contributed by atoms with Crippen molar-refractivity contribution in [1.29, 1.82) is 0 Å². The Balaban J connectivity index is 1.46. The van der Waals surface area contributed by atoms with Crippen LogP contribution >= 0.6 is 0 Å². The molecule has 0 bridgehead atoms. The lowest BCUT2D eigenvalue weighted by Gasteiger charge is -2.22. The topological polar surface area (TPSA) is 58.4 Å². The van der Waals surface area contributed by atoms with E-state index in [-0.39, 0.29) is 6.29 Å². The van der Waals surface area contributed by atoms with Crippen molar-refractivity contribution in [2.75, 3.05) is 19.8 Å². The summed E-state index contributed by atoms with van der Waals surface area (Å²) in [5, 5.41) is 4.09. The lowest BCUT2D eigenvalue weighted by atomic mass is 10.2. The average molecular weight is 289 g/mol. The SMILES string of the molecule is c1cc(OCCO[C@H]2CCCCO2)cc(-n2cncn2)c1. The fourth-order valence-corrected chi connectivity index (χ4v) is 2.24. The van der Waals surface area contributed by atoms with Gasteiger partial charge in [0, 0.05) is 12.7 Å². The summed E-state index contributed by atoms with van der Waals surface area (Å²) < 4.78 is 18.5. The summed E-state index contributed by atoms with van der Waals surface area (Å²) in [5.74, 6) is 0.788. The van der Waals surface area contributed by atoms with Crippen molar-refractivity contribution in [3.8, 4) is 11.4 Å². The predicted octanol–water partition coefficient (Wildman–Crippen LogP) is 2.19. The third kappa shape index (κ3) is 4.03. The maximum absolute atomic E-state index is 5.69. The summed E-state index contributed by atoms with van der Waals surface area (Å²) in [6.07, 6.45) is 6.37. The van der Waals surface area contributed by atoms with Crippen LogP contribution in [-0.4, -0.2) is 40.9 Å². The van der Waals surface area contributed by atoms with Crippen molar-refractivity contribution < 1.29 is 14.2 Å². The van der Waals surface area contributed by atoms with Crippen LogP contribution in [0, 0.1) is 0 Å². The highest BCUT2D eigenvalue weighted by Gasteiger charge is 2.13. The summed E-state index contributed by atoms with van der Waals surface area (Å²) >= 11 is 0. The maximum Gasteiger partial charge on any atom is 0.157 e. The molecule has 0 aliphatic carbocycles. The van der Waals surface area contributed by atoms with Gasteiger partial charge in [-0.1, -0.05) is 6.07 Å². The first-order valence-corrected chi connectivity index (χ1v) is 7.23. The number of nitrogens with zero attached hydrogens (tertiary/aromatic N) is 3. The van der Waals surface area contributed by atoms with Gasteiger partial charge in [-0.2, -0.15) is 5.10 Å². The molecule has 0 spiro atoms. The number of aromatic nitrogens is 3. The Kier molecular flexibility index (Phi) is 4.81. The van der Waals surface area contributed by atoms with Gasteiger partial charge in [-0.3, -0.25) is 0 Å². The Morgan fingerprint density at radius 1 is 1.29 bits per heavy atom. The second kappa shape index (κ2) is 7.19. The Morgan fingerprint density at radius 2 is 2.29 bits per heavy atom. The highest BCUT2D eigenvalue weighted by molar-refractivity contribution is 5.38. The number of hydrogen-bond acceptors (Lipinski definition) is 5. The van der Waals surface area contributed by atoms with Gasteiger partial charge in [0.2, 0.25) is 0 Å². The standard InChI is InChI=1S/C15H19N3O3/c1-2-7-20-15(6-1)21-9-8-19-14-5-3-4-13(10-14)18-12-16-11-17-18/h3-5,10-12,15H,1-2,6-9H2/t15-/m0/s1. The zero-order valence-electron chi connectivity index (χ0n) is 11.9. The first-order valence-electron chi connectivity index (χ1n) is 7.23. The van der Waals surface area contributed by atoms with Crippen molar-refractivity contribution in [2.24, 2.45) is 0 Å². The average Bonchev–Trinajstić information content (AvgIpc) is 3.07. The van der Waals surface area contributed by atoms with E-state index in [1.54, 1.807) is 11.0 Å². The monoisotopic (exact) mass is 289 g/mol. The summed E-state index contributed by atoms with van der Waals surface area (Å²) in [6.45, 7) is 1.82. The van der Waals surface area contributed by atoms with Gasteiger partial charge in [0.15, 0.2) is 6.29 Å². The minimum Gasteiger partial charge on any atom is -0.491 e. The summed E-state index contributed by atoms with van der Waals surface area (Å²) in [5.41, 5.74) is 0.918. The van der Waals surface area contributed by atoms with Gasteiger partial charge in [-0.25, -0.2) is 9.67 Å². The molecule has 6 heteroatoms. The minimum absolute atomic E-state index is 0.0659. The van der Waals surface area contributed by atoms with Crippen LogP contribution in [0.4, 0.5) is 0 Å². The molecule has 2 aromatic rings. The van der Waals surface area contributed by atoms with Gasteiger partial charge in [0.1, 0.15) is 25.0 Å². The lowest BCUT2D eigenvalue weighted by Crippen LogP contribution is -2.24. The molecule has 112 valence electrons. The molecule has 0 saturated carbocycles. The van der Waals surface area contributed by atoms with E-state index in [4.69, 9.17) is 14.2 Å². The Morgan fingerprint density at radius 3 is 3.10 bits per heavy atom. The van der Waals surface area contributed by atoms with E-state index in [0.29, 0.717) is 13.2 Å². The first-order chi connectivity index (χ1) is 10.4. The quantitative estimate of drug-likeness (QED) is 0.763. The van der Waals surface area contributed by atoms with Gasteiger partial charge in [0.05, 0.1) is 12.3 Å². The predicted molar refractivity (Wildman–Crippen MR) is 76.4 cm³/mol. The molecule has 2 heterocycles. The summed E-state index contributed by atoms with van der Waals surface area (Å²) in [4.78, 5) is 3.93. The van der Waals surface area contributed by atoms with E-state index in [9.17, 15) is 0 Å². The van der Waals surface area contributed by atoms with Gasteiger partial charge in [-0.15, -0.1) is 0 Å². The molecule has 1 saturated heterocycles. The largest absolute Gasteiger partial charge is 0.491 e. The van der Waals surface area contributed by atoms with E-state index in [1.807, 2.05) is 24.3 Å².